The van der Waals surface area contributed by atoms with Crippen molar-refractivity contribution >= 4 is 0 Å². The number of fused-ring (bicyclic) bond motifs is 1. The Morgan fingerprint density at radius 3 is 2.80 bits per heavy atom. The summed E-state index contributed by atoms with van der Waals surface area (Å²) in [5.74, 6) is 0. The number of rotatable bonds is 0. The summed E-state index contributed by atoms with van der Waals surface area (Å²) in [5, 5.41) is 0. The van der Waals surface area contributed by atoms with Crippen LogP contribution in [0.15, 0.2) is 0 Å². The second kappa shape index (κ2) is 1.91. The first kappa shape index (κ1) is 6.53. The lowest BCUT2D eigenvalue weighted by molar-refractivity contribution is -0.120. The molecule has 0 N–H and O–H groups in total. The van der Waals surface area contributed by atoms with E-state index in [1.807, 2.05) is 0 Å². The van der Waals surface area contributed by atoms with Crippen LogP contribution in [0.4, 0.5) is 8.78 Å². The van der Waals surface area contributed by atoms with Gasteiger partial charge in [-0.2, -0.15) is 8.78 Å². The average molecular weight is 147 g/mol. The summed E-state index contributed by atoms with van der Waals surface area (Å²) in [5.41, 5.74) is 0. The van der Waals surface area contributed by atoms with E-state index in [0.717, 1.165) is 12.8 Å². The first-order valence-corrected chi connectivity index (χ1v) is 3.85. The molecule has 2 rings (SSSR count). The molecule has 0 radical (unpaired) electrons. The summed E-state index contributed by atoms with van der Waals surface area (Å²) in [6.07, 6.45) is 2.72. The summed E-state index contributed by atoms with van der Waals surface area (Å²) in [4.78, 5) is 1.37. The smallest absolute Gasteiger partial charge is 0.242 e. The van der Waals surface area contributed by atoms with Gasteiger partial charge in [0, 0.05) is 19.0 Å². The number of hydrogen-bond acceptors (Lipinski definition) is 1. The van der Waals surface area contributed by atoms with Gasteiger partial charge >= 0.3 is 6.05 Å². The SMILES string of the molecule is FC1(F)CCC2CCCN21. The Bertz CT molecular complexity index is 147. The van der Waals surface area contributed by atoms with Crippen molar-refractivity contribution in [1.82, 2.24) is 4.90 Å². The fraction of sp³-hybridized carbons (Fsp3) is 1.00. The van der Waals surface area contributed by atoms with Crippen LogP contribution in [0.25, 0.3) is 0 Å². The third-order valence-electron chi connectivity index (χ3n) is 2.58. The van der Waals surface area contributed by atoms with Gasteiger partial charge in [0.15, 0.2) is 0 Å². The van der Waals surface area contributed by atoms with E-state index in [2.05, 4.69) is 0 Å². The molecule has 58 valence electrons. The van der Waals surface area contributed by atoms with Crippen LogP contribution in [-0.4, -0.2) is 23.5 Å². The highest BCUT2D eigenvalue weighted by Crippen LogP contribution is 2.41. The Kier molecular flexibility index (Phi) is 1.24. The fourth-order valence-corrected chi connectivity index (χ4v) is 2.05. The number of halogens is 2. The second-order valence-electron chi connectivity index (χ2n) is 3.19. The van der Waals surface area contributed by atoms with Gasteiger partial charge in [-0.1, -0.05) is 0 Å². The Morgan fingerprint density at radius 1 is 1.30 bits per heavy atom. The van der Waals surface area contributed by atoms with Crippen LogP contribution in [-0.2, 0) is 0 Å². The van der Waals surface area contributed by atoms with E-state index < -0.39 is 6.05 Å². The lowest BCUT2D eigenvalue weighted by atomic mass is 10.2. The minimum Gasteiger partial charge on any atom is -0.242 e. The van der Waals surface area contributed by atoms with Crippen LogP contribution >= 0.6 is 0 Å². The molecule has 0 aromatic carbocycles. The zero-order chi connectivity index (χ0) is 7.19. The van der Waals surface area contributed by atoms with Gasteiger partial charge in [0.25, 0.3) is 0 Å². The summed E-state index contributed by atoms with van der Waals surface area (Å²) in [6.45, 7) is 0.609. The van der Waals surface area contributed by atoms with Gasteiger partial charge in [0.1, 0.15) is 0 Å². The zero-order valence-electron chi connectivity index (χ0n) is 5.82. The van der Waals surface area contributed by atoms with Crippen LogP contribution < -0.4 is 0 Å². The summed E-state index contributed by atoms with van der Waals surface area (Å²) in [6, 6.07) is -2.27. The van der Waals surface area contributed by atoms with E-state index in [4.69, 9.17) is 0 Å². The van der Waals surface area contributed by atoms with E-state index >= 15 is 0 Å². The zero-order valence-corrected chi connectivity index (χ0v) is 5.82. The monoisotopic (exact) mass is 147 g/mol. The van der Waals surface area contributed by atoms with Crippen molar-refractivity contribution in [2.45, 2.75) is 37.8 Å². The molecule has 10 heavy (non-hydrogen) atoms. The predicted molar refractivity (Wildman–Crippen MR) is 33.9 cm³/mol. The maximum Gasteiger partial charge on any atom is 0.305 e. The highest BCUT2D eigenvalue weighted by atomic mass is 19.3. The van der Waals surface area contributed by atoms with E-state index in [1.54, 1.807) is 0 Å². The molecule has 0 amide bonds. The van der Waals surface area contributed by atoms with Crippen LogP contribution in [0.3, 0.4) is 0 Å². The molecular weight excluding hydrogens is 136 g/mol. The lowest BCUT2D eigenvalue weighted by Crippen LogP contribution is -2.36. The van der Waals surface area contributed by atoms with Gasteiger partial charge in [-0.15, -0.1) is 0 Å². The van der Waals surface area contributed by atoms with Crippen LogP contribution in [0.5, 0.6) is 0 Å². The van der Waals surface area contributed by atoms with Crippen molar-refractivity contribution in [3.05, 3.63) is 0 Å². The molecule has 2 saturated heterocycles. The lowest BCUT2D eigenvalue weighted by Gasteiger charge is -2.22. The summed E-state index contributed by atoms with van der Waals surface area (Å²) in [7, 11) is 0. The van der Waals surface area contributed by atoms with Gasteiger partial charge in [0.2, 0.25) is 0 Å². The molecular formula is C7H11F2N. The Hall–Kier alpha value is -0.180. The number of hydrogen-bond donors (Lipinski definition) is 0. The molecule has 2 heterocycles. The van der Waals surface area contributed by atoms with Gasteiger partial charge in [-0.3, -0.25) is 0 Å². The Morgan fingerprint density at radius 2 is 2.10 bits per heavy atom. The van der Waals surface area contributed by atoms with Gasteiger partial charge < -0.3 is 0 Å². The van der Waals surface area contributed by atoms with Crippen molar-refractivity contribution in [2.24, 2.45) is 0 Å². The van der Waals surface area contributed by atoms with Crippen molar-refractivity contribution in [2.75, 3.05) is 6.54 Å². The number of alkyl halides is 2. The molecule has 3 heteroatoms. The summed E-state index contributed by atoms with van der Waals surface area (Å²) >= 11 is 0. The fourth-order valence-electron chi connectivity index (χ4n) is 2.05. The maximum absolute atomic E-state index is 12.8. The molecule has 0 spiro atoms. The first-order chi connectivity index (χ1) is 4.70. The van der Waals surface area contributed by atoms with Crippen LogP contribution in [0.1, 0.15) is 25.7 Å². The molecule has 1 nitrogen and oxygen atoms in total. The largest absolute Gasteiger partial charge is 0.305 e. The molecule has 2 fully saturated rings. The molecule has 1 atom stereocenters. The molecule has 0 bridgehead atoms. The van der Waals surface area contributed by atoms with Crippen molar-refractivity contribution in [3.8, 4) is 0 Å². The minimum atomic E-state index is -2.47. The standard InChI is InChI=1S/C7H11F2N/c8-7(9)4-3-6-2-1-5-10(6)7/h6H,1-5H2. The van der Waals surface area contributed by atoms with E-state index in [-0.39, 0.29) is 12.5 Å². The topological polar surface area (TPSA) is 3.24 Å². The molecule has 1 unspecified atom stereocenters. The maximum atomic E-state index is 12.8. The molecule has 0 aromatic rings. The Balaban J connectivity index is 2.16. The van der Waals surface area contributed by atoms with Gasteiger partial charge in [-0.25, -0.2) is 4.90 Å². The second-order valence-corrected chi connectivity index (χ2v) is 3.19. The van der Waals surface area contributed by atoms with Crippen molar-refractivity contribution in [3.63, 3.8) is 0 Å². The third kappa shape index (κ3) is 0.764. The molecule has 2 aliphatic heterocycles. The number of nitrogens with zero attached hydrogens (tertiary/aromatic N) is 1. The quantitative estimate of drug-likeness (QED) is 0.472. The highest BCUT2D eigenvalue weighted by molar-refractivity contribution is 4.91. The average Bonchev–Trinajstić information content (AvgIpc) is 2.36. The first-order valence-electron chi connectivity index (χ1n) is 3.85. The normalized spacial score (nSPS) is 38.4. The van der Waals surface area contributed by atoms with Crippen molar-refractivity contribution in [1.29, 1.82) is 0 Å². The minimum absolute atomic E-state index is 0.0810. The molecule has 0 aliphatic carbocycles. The molecule has 0 aromatic heterocycles. The molecule has 0 saturated carbocycles. The van der Waals surface area contributed by atoms with Crippen LogP contribution in [0.2, 0.25) is 0 Å². The van der Waals surface area contributed by atoms with Crippen molar-refractivity contribution < 1.29 is 8.78 Å². The van der Waals surface area contributed by atoms with Crippen LogP contribution in [0, 0.1) is 0 Å². The highest BCUT2D eigenvalue weighted by Gasteiger charge is 2.49. The summed E-state index contributed by atoms with van der Waals surface area (Å²) < 4.78 is 25.7. The van der Waals surface area contributed by atoms with Gasteiger partial charge in [0.05, 0.1) is 0 Å². The van der Waals surface area contributed by atoms with E-state index in [1.165, 1.54) is 4.90 Å². The van der Waals surface area contributed by atoms with E-state index in [0.29, 0.717) is 13.0 Å². The Labute approximate surface area is 59.0 Å². The van der Waals surface area contributed by atoms with Gasteiger partial charge in [-0.05, 0) is 19.3 Å². The predicted octanol–water partition coefficient (Wildman–Crippen LogP) is 1.84. The molecule has 2 aliphatic rings. The van der Waals surface area contributed by atoms with E-state index in [9.17, 15) is 8.78 Å². The third-order valence-corrected chi connectivity index (χ3v) is 2.58.